The van der Waals surface area contributed by atoms with Gasteiger partial charge in [0.2, 0.25) is 5.89 Å². The summed E-state index contributed by atoms with van der Waals surface area (Å²) < 4.78 is 42.3. The first-order chi connectivity index (χ1) is 12.1. The second-order valence-electron chi connectivity index (χ2n) is 4.79. The highest BCUT2D eigenvalue weighted by molar-refractivity contribution is 7.98. The third-order valence-electron chi connectivity index (χ3n) is 3.29. The van der Waals surface area contributed by atoms with Crippen molar-refractivity contribution in [3.8, 4) is 23.0 Å². The van der Waals surface area contributed by atoms with Crippen LogP contribution in [-0.2, 0) is 5.75 Å². The Hall–Kier alpha value is -2.62. The molecule has 2 aromatic heterocycles. The lowest BCUT2D eigenvalue weighted by atomic mass is 10.2. The molecule has 0 unspecified atom stereocenters. The van der Waals surface area contributed by atoms with Crippen molar-refractivity contribution >= 4 is 11.8 Å². The zero-order chi connectivity index (χ0) is 17.8. The number of rotatable bonds is 7. The molecule has 10 heteroatoms. The lowest BCUT2D eigenvalue weighted by Gasteiger charge is -2.05. The van der Waals surface area contributed by atoms with E-state index < -0.39 is 6.55 Å². The van der Waals surface area contributed by atoms with Crippen molar-refractivity contribution in [2.45, 2.75) is 17.5 Å². The molecule has 3 rings (SSSR count). The summed E-state index contributed by atoms with van der Waals surface area (Å²) in [5.41, 5.74) is 0.629. The molecule has 132 valence electrons. The van der Waals surface area contributed by atoms with E-state index in [2.05, 4.69) is 15.2 Å². The summed E-state index contributed by atoms with van der Waals surface area (Å²) in [6, 6.07) is 5.18. The number of hydrogen-bond donors (Lipinski definition) is 0. The van der Waals surface area contributed by atoms with E-state index >= 15 is 0 Å². The summed E-state index contributed by atoms with van der Waals surface area (Å²) in [7, 11) is 3.08. The second kappa shape index (κ2) is 7.51. The molecule has 0 aliphatic heterocycles. The molecule has 2 heterocycles. The van der Waals surface area contributed by atoms with Crippen molar-refractivity contribution in [2.75, 3.05) is 14.2 Å². The first-order valence-electron chi connectivity index (χ1n) is 7.10. The van der Waals surface area contributed by atoms with Crippen LogP contribution >= 0.6 is 11.8 Å². The molecule has 0 saturated carbocycles. The summed E-state index contributed by atoms with van der Waals surface area (Å²) in [4.78, 5) is 3.90. The molecule has 0 aliphatic rings. The maximum absolute atomic E-state index is 12.8. The lowest BCUT2D eigenvalue weighted by Crippen LogP contribution is -2.01. The monoisotopic (exact) mass is 368 g/mol. The van der Waals surface area contributed by atoms with Gasteiger partial charge in [-0.2, -0.15) is 8.78 Å². The van der Waals surface area contributed by atoms with Crippen molar-refractivity contribution in [3.05, 3.63) is 36.4 Å². The van der Waals surface area contributed by atoms with E-state index in [1.54, 1.807) is 32.4 Å². The van der Waals surface area contributed by atoms with Crippen LogP contribution in [0.3, 0.4) is 0 Å². The Morgan fingerprint density at radius 2 is 1.88 bits per heavy atom. The average Bonchev–Trinajstić information content (AvgIpc) is 3.28. The van der Waals surface area contributed by atoms with Gasteiger partial charge in [0, 0.05) is 24.0 Å². The molecule has 0 aliphatic carbocycles. The minimum Gasteiger partial charge on any atom is -0.497 e. The van der Waals surface area contributed by atoms with E-state index in [0.717, 1.165) is 16.3 Å². The fourth-order valence-corrected chi connectivity index (χ4v) is 2.79. The topological polar surface area (TPSA) is 75.2 Å². The largest absolute Gasteiger partial charge is 0.497 e. The van der Waals surface area contributed by atoms with E-state index in [1.807, 2.05) is 0 Å². The third kappa shape index (κ3) is 3.90. The number of methoxy groups -OCH3 is 2. The van der Waals surface area contributed by atoms with Crippen LogP contribution in [-0.4, -0.2) is 34.0 Å². The maximum Gasteiger partial charge on any atom is 0.319 e. The molecule has 0 fully saturated rings. The molecule has 3 aromatic rings. The van der Waals surface area contributed by atoms with Gasteiger partial charge in [-0.3, -0.25) is 4.57 Å². The van der Waals surface area contributed by atoms with Gasteiger partial charge in [-0.25, -0.2) is 4.98 Å². The van der Waals surface area contributed by atoms with Gasteiger partial charge in [-0.15, -0.1) is 10.2 Å². The Morgan fingerprint density at radius 3 is 2.52 bits per heavy atom. The van der Waals surface area contributed by atoms with E-state index in [-0.39, 0.29) is 22.7 Å². The van der Waals surface area contributed by atoms with E-state index in [0.29, 0.717) is 17.1 Å². The number of alkyl halides is 2. The normalized spacial score (nSPS) is 11.1. The number of hydrogen-bond acceptors (Lipinski definition) is 7. The number of imidazole rings is 1. The van der Waals surface area contributed by atoms with Gasteiger partial charge in [-0.1, -0.05) is 11.8 Å². The Labute approximate surface area is 146 Å². The fourth-order valence-electron chi connectivity index (χ4n) is 2.08. The van der Waals surface area contributed by atoms with Crippen LogP contribution in [0, 0.1) is 0 Å². The van der Waals surface area contributed by atoms with Gasteiger partial charge in [0.1, 0.15) is 17.3 Å². The summed E-state index contributed by atoms with van der Waals surface area (Å²) in [5.74, 6) is 1.85. The minimum absolute atomic E-state index is 0.181. The van der Waals surface area contributed by atoms with Gasteiger partial charge >= 0.3 is 6.55 Å². The minimum atomic E-state index is -2.64. The first-order valence-corrected chi connectivity index (χ1v) is 8.09. The number of aromatic nitrogens is 4. The molecule has 0 spiro atoms. The smallest absolute Gasteiger partial charge is 0.319 e. The van der Waals surface area contributed by atoms with Crippen molar-refractivity contribution in [3.63, 3.8) is 0 Å². The van der Waals surface area contributed by atoms with Crippen molar-refractivity contribution in [2.24, 2.45) is 0 Å². The molecule has 0 bridgehead atoms. The van der Waals surface area contributed by atoms with Crippen LogP contribution in [0.5, 0.6) is 11.5 Å². The van der Waals surface area contributed by atoms with Crippen LogP contribution < -0.4 is 9.47 Å². The summed E-state index contributed by atoms with van der Waals surface area (Å²) in [5, 5.41) is 8.14. The maximum atomic E-state index is 12.8. The SMILES string of the molecule is COc1cc(OC)cc(-c2nnc(SCc3nccn3C(F)F)o2)c1. The van der Waals surface area contributed by atoms with Crippen LogP contribution in [0.2, 0.25) is 0 Å². The molecule has 25 heavy (non-hydrogen) atoms. The van der Waals surface area contributed by atoms with Gasteiger partial charge in [0.05, 0.1) is 20.0 Å². The third-order valence-corrected chi connectivity index (χ3v) is 4.10. The predicted octanol–water partition coefficient (Wildman–Crippen LogP) is 3.64. The van der Waals surface area contributed by atoms with Gasteiger partial charge in [0.25, 0.3) is 5.22 Å². The van der Waals surface area contributed by atoms with E-state index in [1.165, 1.54) is 12.4 Å². The molecule has 0 atom stereocenters. The standard InChI is InChI=1S/C15H14F2N4O3S/c1-22-10-5-9(6-11(7-10)23-2)13-19-20-15(24-13)25-8-12-18-3-4-21(12)14(16)17/h3-7,14H,8H2,1-2H3. The Morgan fingerprint density at radius 1 is 1.16 bits per heavy atom. The molecule has 0 radical (unpaired) electrons. The zero-order valence-electron chi connectivity index (χ0n) is 13.3. The lowest BCUT2D eigenvalue weighted by molar-refractivity contribution is 0.0678. The highest BCUT2D eigenvalue weighted by Gasteiger charge is 2.15. The molecule has 1 aromatic carbocycles. The number of thioether (sulfide) groups is 1. The molecule has 0 amide bonds. The summed E-state index contributed by atoms with van der Waals surface area (Å²) >= 11 is 1.13. The number of benzene rings is 1. The van der Waals surface area contributed by atoms with Crippen molar-refractivity contribution in [1.82, 2.24) is 19.7 Å². The molecule has 7 nitrogen and oxygen atoms in total. The molecule has 0 N–H and O–H groups in total. The van der Waals surface area contributed by atoms with Gasteiger partial charge < -0.3 is 13.9 Å². The van der Waals surface area contributed by atoms with Gasteiger partial charge in [-0.05, 0) is 12.1 Å². The average molecular weight is 368 g/mol. The van der Waals surface area contributed by atoms with E-state index in [4.69, 9.17) is 13.9 Å². The fraction of sp³-hybridized carbons (Fsp3) is 0.267. The highest BCUT2D eigenvalue weighted by Crippen LogP contribution is 2.31. The Balaban J connectivity index is 1.75. The molecular weight excluding hydrogens is 354 g/mol. The zero-order valence-corrected chi connectivity index (χ0v) is 14.2. The van der Waals surface area contributed by atoms with Crippen molar-refractivity contribution in [1.29, 1.82) is 0 Å². The van der Waals surface area contributed by atoms with Crippen LogP contribution in [0.25, 0.3) is 11.5 Å². The van der Waals surface area contributed by atoms with Gasteiger partial charge in [0.15, 0.2) is 0 Å². The highest BCUT2D eigenvalue weighted by atomic mass is 32.2. The first kappa shape index (κ1) is 17.2. The summed E-state index contributed by atoms with van der Waals surface area (Å²) in [6.45, 7) is -2.64. The molecule has 0 saturated heterocycles. The number of nitrogens with zero attached hydrogens (tertiary/aromatic N) is 4. The van der Waals surface area contributed by atoms with E-state index in [9.17, 15) is 8.78 Å². The number of halogens is 2. The molecular formula is C15H14F2N4O3S. The van der Waals surface area contributed by atoms with Crippen molar-refractivity contribution < 1.29 is 22.7 Å². The van der Waals surface area contributed by atoms with Crippen LogP contribution in [0.1, 0.15) is 12.4 Å². The quantitative estimate of drug-likeness (QED) is 0.589. The summed E-state index contributed by atoms with van der Waals surface area (Å²) in [6.07, 6.45) is 2.55. The van der Waals surface area contributed by atoms with Crippen LogP contribution in [0.4, 0.5) is 8.78 Å². The second-order valence-corrected chi connectivity index (χ2v) is 5.72. The number of ether oxygens (including phenoxy) is 2. The Bertz CT molecular complexity index is 831. The predicted molar refractivity (Wildman–Crippen MR) is 85.9 cm³/mol. The van der Waals surface area contributed by atoms with Crippen LogP contribution in [0.15, 0.2) is 40.2 Å². The Kier molecular flexibility index (Phi) is 5.17.